The Morgan fingerprint density at radius 3 is 2.69 bits per heavy atom. The van der Waals surface area contributed by atoms with E-state index in [4.69, 9.17) is 31.4 Å². The molecule has 2 aromatic carbocycles. The smallest absolute Gasteiger partial charge is 0.308 e. The van der Waals surface area contributed by atoms with Gasteiger partial charge in [-0.25, -0.2) is 4.39 Å². The molecule has 0 fully saturated rings. The zero-order chi connectivity index (χ0) is 26.4. The number of aliphatic carboxylic acids is 1. The molecular formula is C24H18BrClFN3O6. The number of carbonyl (C=O) groups is 2. The first-order valence-electron chi connectivity index (χ1n) is 10.4. The number of aromatic nitrogens is 2. The van der Waals surface area contributed by atoms with Crippen LogP contribution in [0.25, 0.3) is 0 Å². The van der Waals surface area contributed by atoms with Crippen molar-refractivity contribution in [3.63, 3.8) is 0 Å². The number of hydrogen-bond donors (Lipinski definition) is 1. The Balaban J connectivity index is 1.84. The second-order valence-electron chi connectivity index (χ2n) is 7.58. The van der Waals surface area contributed by atoms with E-state index in [-0.39, 0.29) is 34.9 Å². The van der Waals surface area contributed by atoms with Crippen molar-refractivity contribution in [3.8, 4) is 17.6 Å². The van der Waals surface area contributed by atoms with Crippen molar-refractivity contribution in [3.05, 3.63) is 84.4 Å². The summed E-state index contributed by atoms with van der Waals surface area (Å²) in [7, 11) is 0. The highest BCUT2D eigenvalue weighted by molar-refractivity contribution is 9.10. The molecule has 1 aromatic heterocycles. The van der Waals surface area contributed by atoms with Gasteiger partial charge in [0.25, 0.3) is 5.56 Å². The van der Waals surface area contributed by atoms with E-state index >= 15 is 0 Å². The molecule has 0 spiro atoms. The van der Waals surface area contributed by atoms with Crippen LogP contribution in [0.5, 0.6) is 11.5 Å². The molecule has 0 unspecified atom stereocenters. The SMILES string of the molecule is Cc1cc(Cc2ccc(F)c(Oc3cc(Cl)cc(C#N)c3)c2Br)nn(COC(=O)CCC(=O)O)c1=O. The molecule has 186 valence electrons. The Hall–Kier alpha value is -3.75. The van der Waals surface area contributed by atoms with Crippen molar-refractivity contribution in [1.29, 1.82) is 5.26 Å². The zero-order valence-electron chi connectivity index (χ0n) is 18.8. The molecule has 0 aliphatic heterocycles. The van der Waals surface area contributed by atoms with Crippen LogP contribution in [0.15, 0.2) is 45.7 Å². The van der Waals surface area contributed by atoms with E-state index in [0.717, 1.165) is 4.68 Å². The maximum absolute atomic E-state index is 14.6. The molecule has 9 nitrogen and oxygen atoms in total. The number of esters is 1. The van der Waals surface area contributed by atoms with Gasteiger partial charge in [0.1, 0.15) is 5.75 Å². The predicted molar refractivity (Wildman–Crippen MR) is 129 cm³/mol. The van der Waals surface area contributed by atoms with Crippen LogP contribution < -0.4 is 10.3 Å². The second kappa shape index (κ2) is 11.8. The summed E-state index contributed by atoms with van der Waals surface area (Å²) in [4.78, 5) is 34.7. The van der Waals surface area contributed by atoms with Crippen molar-refractivity contribution in [2.45, 2.75) is 32.9 Å². The Kier molecular flexibility index (Phi) is 8.79. The summed E-state index contributed by atoms with van der Waals surface area (Å²) in [6.45, 7) is 1.08. The normalized spacial score (nSPS) is 10.5. The second-order valence-corrected chi connectivity index (χ2v) is 8.81. The molecule has 3 aromatic rings. The Bertz CT molecular complexity index is 1440. The standard InChI is InChI=1S/C24H18BrClFN3O6/c1-13-6-17(29-30(24(13)34)12-35-21(33)5-4-20(31)32)9-15-2-3-19(27)23(22(15)25)36-18-8-14(11-28)7-16(26)10-18/h2-3,6-8,10H,4-5,9,12H2,1H3,(H,31,32). The van der Waals surface area contributed by atoms with Crippen LogP contribution in [0.3, 0.4) is 0 Å². The fraction of sp³-hybridized carbons (Fsp3) is 0.208. The van der Waals surface area contributed by atoms with Gasteiger partial charge < -0.3 is 14.6 Å². The van der Waals surface area contributed by atoms with Gasteiger partial charge in [-0.1, -0.05) is 17.7 Å². The molecule has 0 saturated carbocycles. The van der Waals surface area contributed by atoms with Crippen molar-refractivity contribution in [2.75, 3.05) is 0 Å². The number of aryl methyl sites for hydroxylation is 1. The summed E-state index contributed by atoms with van der Waals surface area (Å²) in [5.41, 5.74) is 1.09. The number of benzene rings is 2. The minimum Gasteiger partial charge on any atom is -0.481 e. The molecule has 0 amide bonds. The molecule has 0 radical (unpaired) electrons. The maximum atomic E-state index is 14.6. The third-order valence-corrected chi connectivity index (χ3v) is 5.90. The lowest BCUT2D eigenvalue weighted by atomic mass is 10.1. The average molecular weight is 579 g/mol. The number of carboxylic acid groups (broad SMARTS) is 1. The molecule has 36 heavy (non-hydrogen) atoms. The fourth-order valence-electron chi connectivity index (χ4n) is 3.14. The number of halogens is 3. The highest BCUT2D eigenvalue weighted by Gasteiger charge is 2.17. The van der Waals surface area contributed by atoms with Gasteiger partial charge in [-0.05, 0) is 58.7 Å². The number of nitriles is 1. The Morgan fingerprint density at radius 2 is 2.00 bits per heavy atom. The molecule has 1 heterocycles. The maximum Gasteiger partial charge on any atom is 0.308 e. The zero-order valence-corrected chi connectivity index (χ0v) is 21.1. The molecular weight excluding hydrogens is 561 g/mol. The van der Waals surface area contributed by atoms with Crippen molar-refractivity contribution in [2.24, 2.45) is 0 Å². The van der Waals surface area contributed by atoms with E-state index in [1.807, 2.05) is 6.07 Å². The van der Waals surface area contributed by atoms with Gasteiger partial charge in [0.05, 0.1) is 34.6 Å². The third-order valence-electron chi connectivity index (χ3n) is 4.82. The van der Waals surface area contributed by atoms with Crippen molar-refractivity contribution < 1.29 is 28.6 Å². The van der Waals surface area contributed by atoms with Gasteiger partial charge in [0, 0.05) is 17.0 Å². The minimum atomic E-state index is -1.14. The van der Waals surface area contributed by atoms with Gasteiger partial charge in [0.15, 0.2) is 18.3 Å². The summed E-state index contributed by atoms with van der Waals surface area (Å²) in [6.07, 6.45) is -0.572. The van der Waals surface area contributed by atoms with Gasteiger partial charge in [-0.2, -0.15) is 15.0 Å². The quantitative estimate of drug-likeness (QED) is 0.361. The average Bonchev–Trinajstić information content (AvgIpc) is 2.83. The van der Waals surface area contributed by atoms with Gasteiger partial charge in [-0.15, -0.1) is 0 Å². The van der Waals surface area contributed by atoms with E-state index < -0.39 is 36.5 Å². The first-order valence-corrected chi connectivity index (χ1v) is 11.5. The van der Waals surface area contributed by atoms with Gasteiger partial charge in [0.2, 0.25) is 0 Å². The number of hydrogen-bond acceptors (Lipinski definition) is 7. The number of nitrogens with zero attached hydrogens (tertiary/aromatic N) is 3. The summed E-state index contributed by atoms with van der Waals surface area (Å²) in [6, 6.07) is 10.5. The van der Waals surface area contributed by atoms with Crippen LogP contribution in [0.2, 0.25) is 5.02 Å². The lowest BCUT2D eigenvalue weighted by molar-refractivity contribution is -0.151. The van der Waals surface area contributed by atoms with Gasteiger partial charge in [-0.3, -0.25) is 14.4 Å². The molecule has 1 N–H and O–H groups in total. The molecule has 0 aliphatic rings. The third kappa shape index (κ3) is 6.90. The highest BCUT2D eigenvalue weighted by Crippen LogP contribution is 2.37. The molecule has 0 saturated heterocycles. The van der Waals surface area contributed by atoms with E-state index in [1.165, 1.54) is 30.3 Å². The molecule has 3 rings (SSSR count). The summed E-state index contributed by atoms with van der Waals surface area (Å²) in [5, 5.41) is 22.2. The van der Waals surface area contributed by atoms with E-state index in [2.05, 4.69) is 21.0 Å². The predicted octanol–water partition coefficient (Wildman–Crippen LogP) is 4.73. The van der Waals surface area contributed by atoms with Crippen LogP contribution in [-0.4, -0.2) is 26.8 Å². The van der Waals surface area contributed by atoms with Crippen molar-refractivity contribution in [1.82, 2.24) is 9.78 Å². The fourth-order valence-corrected chi connectivity index (χ4v) is 3.90. The van der Waals surface area contributed by atoms with Crippen LogP contribution in [-0.2, 0) is 27.5 Å². The largest absolute Gasteiger partial charge is 0.481 e. The van der Waals surface area contributed by atoms with Crippen molar-refractivity contribution >= 4 is 39.5 Å². The Morgan fingerprint density at radius 1 is 1.25 bits per heavy atom. The minimum absolute atomic E-state index is 0.129. The number of carbonyl (C=O) groups excluding carboxylic acids is 1. The number of carboxylic acids is 1. The summed E-state index contributed by atoms with van der Waals surface area (Å²) in [5.74, 6) is -2.54. The first kappa shape index (κ1) is 26.8. The topological polar surface area (TPSA) is 132 Å². The van der Waals surface area contributed by atoms with E-state index in [0.29, 0.717) is 21.3 Å². The van der Waals surface area contributed by atoms with Crippen LogP contribution in [0, 0.1) is 24.1 Å². The first-order chi connectivity index (χ1) is 17.1. The van der Waals surface area contributed by atoms with Crippen LogP contribution in [0.1, 0.15) is 35.2 Å². The highest BCUT2D eigenvalue weighted by atomic mass is 79.9. The molecule has 12 heteroatoms. The van der Waals surface area contributed by atoms with E-state index in [9.17, 15) is 18.8 Å². The van der Waals surface area contributed by atoms with Gasteiger partial charge >= 0.3 is 11.9 Å². The lowest BCUT2D eigenvalue weighted by Crippen LogP contribution is -2.28. The lowest BCUT2D eigenvalue weighted by Gasteiger charge is -2.14. The van der Waals surface area contributed by atoms with E-state index in [1.54, 1.807) is 13.0 Å². The van der Waals surface area contributed by atoms with Crippen LogP contribution in [0.4, 0.5) is 4.39 Å². The molecule has 0 atom stereocenters. The molecule has 0 aliphatic carbocycles. The monoisotopic (exact) mass is 577 g/mol. The number of rotatable bonds is 9. The molecule has 0 bridgehead atoms. The Labute approximate surface area is 217 Å². The summed E-state index contributed by atoms with van der Waals surface area (Å²) < 4.78 is 26.5. The number of ether oxygens (including phenoxy) is 2. The van der Waals surface area contributed by atoms with Crippen LogP contribution >= 0.6 is 27.5 Å². The summed E-state index contributed by atoms with van der Waals surface area (Å²) >= 11 is 9.36.